The molecule has 1 aliphatic carbocycles. The van der Waals surface area contributed by atoms with E-state index in [1.54, 1.807) is 19.5 Å². The molecular weight excluding hydrogens is 516 g/mol. The van der Waals surface area contributed by atoms with E-state index in [-0.39, 0.29) is 18.0 Å². The van der Waals surface area contributed by atoms with E-state index < -0.39 is 0 Å². The van der Waals surface area contributed by atoms with Crippen LogP contribution in [0.1, 0.15) is 65.3 Å². The molecule has 2 heterocycles. The number of hydrogen-bond acceptors (Lipinski definition) is 7. The quantitative estimate of drug-likeness (QED) is 0.358. The van der Waals surface area contributed by atoms with Crippen molar-refractivity contribution in [2.75, 3.05) is 38.8 Å². The summed E-state index contributed by atoms with van der Waals surface area (Å²) in [5.41, 5.74) is 6.39. The van der Waals surface area contributed by atoms with E-state index in [0.29, 0.717) is 23.2 Å². The van der Waals surface area contributed by atoms with Gasteiger partial charge in [-0.05, 0) is 95.3 Å². The van der Waals surface area contributed by atoms with Crippen molar-refractivity contribution in [1.82, 2.24) is 25.2 Å². The molecule has 0 aliphatic heterocycles. The van der Waals surface area contributed by atoms with Crippen molar-refractivity contribution in [3.05, 3.63) is 75.2 Å². The minimum atomic E-state index is -0.207. The van der Waals surface area contributed by atoms with Gasteiger partial charge in [-0.25, -0.2) is 9.97 Å². The van der Waals surface area contributed by atoms with Crippen LogP contribution in [-0.4, -0.2) is 71.7 Å². The number of nitrogens with zero attached hydrogens (tertiary/aromatic N) is 4. The van der Waals surface area contributed by atoms with Crippen molar-refractivity contribution in [2.24, 2.45) is 0 Å². The molecule has 0 saturated heterocycles. The summed E-state index contributed by atoms with van der Waals surface area (Å²) in [6.45, 7) is 10.6. The third-order valence-electron chi connectivity index (χ3n) is 8.47. The molecule has 0 spiro atoms. The first-order valence-electron chi connectivity index (χ1n) is 14.6. The Hall–Kier alpha value is -3.56. The van der Waals surface area contributed by atoms with Crippen molar-refractivity contribution in [3.8, 4) is 11.1 Å². The van der Waals surface area contributed by atoms with Crippen LogP contribution in [0.5, 0.6) is 0 Å². The van der Waals surface area contributed by atoms with Crippen molar-refractivity contribution < 1.29 is 9.53 Å². The molecule has 1 aliphatic rings. The number of carbonyl (C=O) groups excluding carboxylic acids is 1. The number of nitrogens with one attached hydrogen (secondary N) is 2. The zero-order valence-electron chi connectivity index (χ0n) is 25.3. The number of aryl methyl sites for hydroxylation is 2. The summed E-state index contributed by atoms with van der Waals surface area (Å²) >= 11 is 0. The fraction of sp³-hybridized carbons (Fsp3) is 0.500. The van der Waals surface area contributed by atoms with E-state index >= 15 is 0 Å². The number of amides is 1. The van der Waals surface area contributed by atoms with Gasteiger partial charge in [-0.1, -0.05) is 0 Å². The van der Waals surface area contributed by atoms with Crippen LogP contribution in [0.2, 0.25) is 0 Å². The molecular formula is C32H44N6O3. The minimum Gasteiger partial charge on any atom is -0.383 e. The Labute approximate surface area is 243 Å². The third-order valence-corrected chi connectivity index (χ3v) is 8.47. The lowest BCUT2D eigenvalue weighted by Gasteiger charge is -2.41. The topological polar surface area (TPSA) is 103 Å². The fourth-order valence-corrected chi connectivity index (χ4v) is 6.07. The number of H-pyrrole nitrogens is 1. The van der Waals surface area contributed by atoms with Gasteiger partial charge in [-0.15, -0.1) is 0 Å². The summed E-state index contributed by atoms with van der Waals surface area (Å²) in [5, 5.41) is 3.01. The molecule has 2 N–H and O–H groups in total. The molecule has 4 rings (SSSR count). The minimum absolute atomic E-state index is 0.159. The maximum Gasteiger partial charge on any atom is 0.253 e. The Morgan fingerprint density at radius 3 is 2.37 bits per heavy atom. The maximum atomic E-state index is 13.7. The monoisotopic (exact) mass is 560 g/mol. The summed E-state index contributed by atoms with van der Waals surface area (Å²) in [6.07, 6.45) is 9.49. The Morgan fingerprint density at radius 1 is 1.05 bits per heavy atom. The lowest BCUT2D eigenvalue weighted by molar-refractivity contribution is 0.0950. The number of aromatic amines is 1. The Balaban J connectivity index is 1.62. The highest BCUT2D eigenvalue weighted by molar-refractivity contribution is 5.98. The number of rotatable bonds is 11. The SMILES string of the molecule is CCN(c1cc(-c2cncnc2)cc(C(=O)NCc2c(C)cc(C)[nH]c2=O)c1C)[C@H]1CC[C@H](N(C)CCOC)CC1. The van der Waals surface area contributed by atoms with Crippen LogP contribution in [0.25, 0.3) is 11.1 Å². The number of ether oxygens (including phenoxy) is 1. The highest BCUT2D eigenvalue weighted by Gasteiger charge is 2.29. The maximum absolute atomic E-state index is 13.7. The van der Waals surface area contributed by atoms with Crippen LogP contribution < -0.4 is 15.8 Å². The molecule has 1 amide bonds. The van der Waals surface area contributed by atoms with Crippen LogP contribution in [-0.2, 0) is 11.3 Å². The molecule has 0 bridgehead atoms. The number of carbonyl (C=O) groups is 1. The Kier molecular flexibility index (Phi) is 10.3. The van der Waals surface area contributed by atoms with Gasteiger partial charge in [0.2, 0.25) is 0 Å². The van der Waals surface area contributed by atoms with Gasteiger partial charge in [0, 0.05) is 79.3 Å². The zero-order chi connectivity index (χ0) is 29.5. The molecule has 1 fully saturated rings. The van der Waals surface area contributed by atoms with E-state index in [0.717, 1.165) is 79.0 Å². The van der Waals surface area contributed by atoms with Crippen LogP contribution in [0.3, 0.4) is 0 Å². The van der Waals surface area contributed by atoms with Gasteiger partial charge in [0.05, 0.1) is 6.61 Å². The van der Waals surface area contributed by atoms with E-state index in [9.17, 15) is 9.59 Å². The number of anilines is 1. The zero-order valence-corrected chi connectivity index (χ0v) is 25.3. The predicted molar refractivity (Wildman–Crippen MR) is 163 cm³/mol. The summed E-state index contributed by atoms with van der Waals surface area (Å²) in [5.74, 6) is -0.207. The first-order chi connectivity index (χ1) is 19.7. The van der Waals surface area contributed by atoms with Crippen molar-refractivity contribution in [1.29, 1.82) is 0 Å². The molecule has 1 saturated carbocycles. The number of aromatic nitrogens is 3. The summed E-state index contributed by atoms with van der Waals surface area (Å²) in [6, 6.07) is 6.95. The third kappa shape index (κ3) is 7.21. The molecule has 0 radical (unpaired) electrons. The molecule has 9 heteroatoms. The number of methoxy groups -OCH3 is 1. The van der Waals surface area contributed by atoms with Gasteiger partial charge in [0.1, 0.15) is 6.33 Å². The second-order valence-corrected chi connectivity index (χ2v) is 11.1. The molecule has 0 atom stereocenters. The molecule has 0 unspecified atom stereocenters. The first kappa shape index (κ1) is 30.4. The lowest BCUT2D eigenvalue weighted by atomic mass is 9.88. The van der Waals surface area contributed by atoms with Crippen LogP contribution in [0.4, 0.5) is 5.69 Å². The molecule has 1 aromatic carbocycles. The average Bonchev–Trinajstić information content (AvgIpc) is 2.97. The number of hydrogen-bond donors (Lipinski definition) is 2. The largest absolute Gasteiger partial charge is 0.383 e. The number of likely N-dealkylation sites (N-methyl/N-ethyl adjacent to an activating group) is 1. The van der Waals surface area contributed by atoms with Gasteiger partial charge in [0.15, 0.2) is 0 Å². The fourth-order valence-electron chi connectivity index (χ4n) is 6.07. The number of benzene rings is 1. The smallest absolute Gasteiger partial charge is 0.253 e. The predicted octanol–water partition coefficient (Wildman–Crippen LogP) is 4.40. The van der Waals surface area contributed by atoms with E-state index in [4.69, 9.17) is 4.74 Å². The van der Waals surface area contributed by atoms with Gasteiger partial charge < -0.3 is 24.8 Å². The summed E-state index contributed by atoms with van der Waals surface area (Å²) in [4.78, 5) is 42.4. The van der Waals surface area contributed by atoms with Crippen molar-refractivity contribution in [3.63, 3.8) is 0 Å². The number of pyridine rings is 1. The molecule has 3 aromatic rings. The summed E-state index contributed by atoms with van der Waals surface area (Å²) < 4.78 is 5.28. The van der Waals surface area contributed by atoms with Crippen molar-refractivity contribution >= 4 is 11.6 Å². The van der Waals surface area contributed by atoms with E-state index in [2.05, 4.69) is 50.1 Å². The normalized spacial score (nSPS) is 17.0. The average molecular weight is 561 g/mol. The highest BCUT2D eigenvalue weighted by atomic mass is 16.5. The molecule has 220 valence electrons. The Bertz CT molecular complexity index is 1380. The standard InChI is InChI=1S/C32H44N6O3/c1-7-38(27-10-8-26(9-11-27)37(5)12-13-41-6)30-16-24(25-17-33-20-34-18-25)15-28(23(30)4)31(39)35-19-29-21(2)14-22(3)36-32(29)40/h14-18,20,26-27H,7-13,19H2,1-6H3,(H,35,39)(H,36,40)/t26-,27-. The van der Waals surface area contributed by atoms with Crippen LogP contribution in [0, 0.1) is 20.8 Å². The second kappa shape index (κ2) is 13.9. The second-order valence-electron chi connectivity index (χ2n) is 11.1. The van der Waals surface area contributed by atoms with E-state index in [1.165, 1.54) is 6.33 Å². The highest BCUT2D eigenvalue weighted by Crippen LogP contribution is 2.35. The Morgan fingerprint density at radius 2 is 1.73 bits per heavy atom. The molecule has 9 nitrogen and oxygen atoms in total. The molecule has 2 aromatic heterocycles. The van der Waals surface area contributed by atoms with Crippen LogP contribution in [0.15, 0.2) is 41.7 Å². The first-order valence-corrected chi connectivity index (χ1v) is 14.6. The van der Waals surface area contributed by atoms with Crippen LogP contribution >= 0.6 is 0 Å². The van der Waals surface area contributed by atoms with Crippen molar-refractivity contribution in [2.45, 2.75) is 72.0 Å². The van der Waals surface area contributed by atoms with Gasteiger partial charge in [0.25, 0.3) is 11.5 Å². The molecule has 41 heavy (non-hydrogen) atoms. The van der Waals surface area contributed by atoms with Gasteiger partial charge in [-0.3, -0.25) is 9.59 Å². The van der Waals surface area contributed by atoms with E-state index in [1.807, 2.05) is 32.9 Å². The van der Waals surface area contributed by atoms with Gasteiger partial charge >= 0.3 is 0 Å². The lowest BCUT2D eigenvalue weighted by Crippen LogP contribution is -2.44. The van der Waals surface area contributed by atoms with Gasteiger partial charge in [-0.2, -0.15) is 0 Å². The summed E-state index contributed by atoms with van der Waals surface area (Å²) in [7, 11) is 3.94.